The summed E-state index contributed by atoms with van der Waals surface area (Å²) in [6, 6.07) is 5.24. The van der Waals surface area contributed by atoms with Gasteiger partial charge >= 0.3 is 5.97 Å². The molecule has 2 N–H and O–H groups in total. The molecule has 1 aromatic rings. The van der Waals surface area contributed by atoms with Crippen molar-refractivity contribution >= 4 is 17.3 Å². The lowest BCUT2D eigenvalue weighted by molar-refractivity contribution is 0.0323. The van der Waals surface area contributed by atoms with Gasteiger partial charge in [-0.25, -0.2) is 4.79 Å². The quantitative estimate of drug-likeness (QED) is 0.645. The first-order valence-corrected chi connectivity index (χ1v) is 6.23. The van der Waals surface area contributed by atoms with Crippen LogP contribution in [0.15, 0.2) is 18.2 Å². The summed E-state index contributed by atoms with van der Waals surface area (Å²) in [5, 5.41) is 0. The van der Waals surface area contributed by atoms with E-state index in [1.807, 2.05) is 32.0 Å². The summed E-state index contributed by atoms with van der Waals surface area (Å²) in [6.45, 7) is 3.97. The van der Waals surface area contributed by atoms with Gasteiger partial charge in [-0.2, -0.15) is 0 Å². The molecule has 0 saturated carbocycles. The molecule has 0 heterocycles. The van der Waals surface area contributed by atoms with Crippen LogP contribution in [-0.4, -0.2) is 26.2 Å². The number of hydrogen-bond acceptors (Lipinski definition) is 4. The lowest BCUT2D eigenvalue weighted by Gasteiger charge is -2.16. The molecule has 0 aliphatic rings. The van der Waals surface area contributed by atoms with Crippen LogP contribution in [0, 0.1) is 0 Å². The molecule has 1 atom stereocenters. The molecule has 1 unspecified atom stereocenters. The zero-order chi connectivity index (χ0) is 13.7. The van der Waals surface area contributed by atoms with Gasteiger partial charge < -0.3 is 15.4 Å². The van der Waals surface area contributed by atoms with Gasteiger partial charge in [0.1, 0.15) is 0 Å². The van der Waals surface area contributed by atoms with Gasteiger partial charge in [0.25, 0.3) is 0 Å². The third kappa shape index (κ3) is 3.65. The van der Waals surface area contributed by atoms with E-state index in [0.717, 1.165) is 18.5 Å². The summed E-state index contributed by atoms with van der Waals surface area (Å²) in [4.78, 5) is 13.8. The van der Waals surface area contributed by atoms with Gasteiger partial charge in [0, 0.05) is 14.1 Å². The van der Waals surface area contributed by atoms with Gasteiger partial charge in [-0.05, 0) is 31.5 Å². The summed E-state index contributed by atoms with van der Waals surface area (Å²) in [6.07, 6.45) is 1.81. The minimum absolute atomic E-state index is 0.0581. The van der Waals surface area contributed by atoms with Crippen molar-refractivity contribution in [1.29, 1.82) is 0 Å². The lowest BCUT2D eigenvalue weighted by atomic mass is 10.1. The molecule has 0 bridgehead atoms. The first-order valence-electron chi connectivity index (χ1n) is 6.23. The van der Waals surface area contributed by atoms with Crippen LogP contribution in [0.5, 0.6) is 0 Å². The molecule has 4 nitrogen and oxygen atoms in total. The molecule has 1 rings (SSSR count). The van der Waals surface area contributed by atoms with Crippen LogP contribution in [0.3, 0.4) is 0 Å². The average Bonchev–Trinajstić information content (AvgIpc) is 2.28. The maximum Gasteiger partial charge on any atom is 0.338 e. The van der Waals surface area contributed by atoms with Crippen molar-refractivity contribution in [3.8, 4) is 0 Å². The molecule has 100 valence electrons. The van der Waals surface area contributed by atoms with Crippen molar-refractivity contribution in [2.24, 2.45) is 0 Å². The summed E-state index contributed by atoms with van der Waals surface area (Å²) in [5.41, 5.74) is 7.88. The summed E-state index contributed by atoms with van der Waals surface area (Å²) in [5.74, 6) is -0.312. The van der Waals surface area contributed by atoms with Crippen molar-refractivity contribution in [2.45, 2.75) is 32.8 Å². The summed E-state index contributed by atoms with van der Waals surface area (Å²) in [7, 11) is 3.82. The molecule has 0 spiro atoms. The number of nitrogens with two attached hydrogens (primary N) is 1. The molecule has 0 amide bonds. The number of nitrogen functional groups attached to an aromatic ring is 1. The third-order valence-corrected chi connectivity index (χ3v) is 2.75. The van der Waals surface area contributed by atoms with Crippen LogP contribution in [0.25, 0.3) is 0 Å². The zero-order valence-electron chi connectivity index (χ0n) is 11.6. The van der Waals surface area contributed by atoms with Crippen LogP contribution in [0.1, 0.15) is 37.0 Å². The maximum absolute atomic E-state index is 11.9. The number of hydrogen-bond donors (Lipinski definition) is 1. The normalized spacial score (nSPS) is 12.0. The predicted molar refractivity (Wildman–Crippen MR) is 75.0 cm³/mol. The molecular formula is C14H22N2O2. The Kier molecular flexibility index (Phi) is 5.01. The van der Waals surface area contributed by atoms with E-state index < -0.39 is 0 Å². The second-order valence-electron chi connectivity index (χ2n) is 4.67. The second-order valence-corrected chi connectivity index (χ2v) is 4.67. The van der Waals surface area contributed by atoms with Crippen LogP contribution in [0.4, 0.5) is 11.4 Å². The molecule has 1 aromatic carbocycles. The molecule has 0 saturated heterocycles. The number of nitrogens with zero attached hydrogens (tertiary/aromatic N) is 1. The van der Waals surface area contributed by atoms with Crippen molar-refractivity contribution in [2.75, 3.05) is 24.7 Å². The first-order chi connectivity index (χ1) is 8.45. The SMILES string of the molecule is CCCC(C)OC(=O)c1ccc(N(C)C)c(N)c1. The highest BCUT2D eigenvalue weighted by Gasteiger charge is 2.13. The minimum Gasteiger partial charge on any atom is -0.459 e. The highest BCUT2D eigenvalue weighted by molar-refractivity contribution is 5.92. The van der Waals surface area contributed by atoms with E-state index in [9.17, 15) is 4.79 Å². The Labute approximate surface area is 109 Å². The van der Waals surface area contributed by atoms with Gasteiger partial charge in [-0.3, -0.25) is 0 Å². The number of anilines is 2. The van der Waals surface area contributed by atoms with E-state index in [-0.39, 0.29) is 12.1 Å². The molecular weight excluding hydrogens is 228 g/mol. The fourth-order valence-corrected chi connectivity index (χ4v) is 1.80. The molecule has 0 radical (unpaired) electrons. The van der Waals surface area contributed by atoms with Gasteiger partial charge in [-0.15, -0.1) is 0 Å². The van der Waals surface area contributed by atoms with Crippen LogP contribution in [-0.2, 0) is 4.74 Å². The summed E-state index contributed by atoms with van der Waals surface area (Å²) < 4.78 is 5.32. The van der Waals surface area contributed by atoms with E-state index in [4.69, 9.17) is 10.5 Å². The number of benzene rings is 1. The number of esters is 1. The van der Waals surface area contributed by atoms with Gasteiger partial charge in [0.15, 0.2) is 0 Å². The predicted octanol–water partition coefficient (Wildman–Crippen LogP) is 2.68. The molecule has 0 aromatic heterocycles. The monoisotopic (exact) mass is 250 g/mol. The number of ether oxygens (including phenoxy) is 1. The Morgan fingerprint density at radius 2 is 2.11 bits per heavy atom. The number of rotatable bonds is 5. The van der Waals surface area contributed by atoms with Crippen LogP contribution < -0.4 is 10.6 Å². The Morgan fingerprint density at radius 3 is 2.61 bits per heavy atom. The van der Waals surface area contributed by atoms with Gasteiger partial charge in [-0.1, -0.05) is 13.3 Å². The van der Waals surface area contributed by atoms with Crippen molar-refractivity contribution in [3.05, 3.63) is 23.8 Å². The van der Waals surface area contributed by atoms with E-state index in [1.165, 1.54) is 0 Å². The summed E-state index contributed by atoms with van der Waals surface area (Å²) >= 11 is 0. The Balaban J connectivity index is 2.78. The van der Waals surface area contributed by atoms with Crippen LogP contribution >= 0.6 is 0 Å². The molecule has 0 fully saturated rings. The highest BCUT2D eigenvalue weighted by Crippen LogP contribution is 2.23. The van der Waals surface area contributed by atoms with E-state index >= 15 is 0 Å². The van der Waals surface area contributed by atoms with Crippen molar-refractivity contribution in [3.63, 3.8) is 0 Å². The standard InChI is InChI=1S/C14H22N2O2/c1-5-6-10(2)18-14(17)11-7-8-13(16(3)4)12(15)9-11/h7-10H,5-6,15H2,1-4H3. The van der Waals surface area contributed by atoms with E-state index in [2.05, 4.69) is 6.92 Å². The van der Waals surface area contributed by atoms with Gasteiger partial charge in [0.2, 0.25) is 0 Å². The zero-order valence-corrected chi connectivity index (χ0v) is 11.6. The van der Waals surface area contributed by atoms with Crippen LogP contribution in [0.2, 0.25) is 0 Å². The fraction of sp³-hybridized carbons (Fsp3) is 0.500. The van der Waals surface area contributed by atoms with E-state index in [0.29, 0.717) is 11.3 Å². The van der Waals surface area contributed by atoms with Crippen molar-refractivity contribution < 1.29 is 9.53 Å². The van der Waals surface area contributed by atoms with Gasteiger partial charge in [0.05, 0.1) is 23.0 Å². The number of carbonyl (C=O) groups excluding carboxylic acids is 1. The first kappa shape index (κ1) is 14.4. The fourth-order valence-electron chi connectivity index (χ4n) is 1.80. The highest BCUT2D eigenvalue weighted by atomic mass is 16.5. The Morgan fingerprint density at radius 1 is 1.44 bits per heavy atom. The molecule has 0 aliphatic heterocycles. The molecule has 4 heteroatoms. The average molecular weight is 250 g/mol. The molecule has 18 heavy (non-hydrogen) atoms. The Hall–Kier alpha value is -1.71. The second kappa shape index (κ2) is 6.28. The Bertz CT molecular complexity index is 416. The minimum atomic E-state index is -0.312. The lowest BCUT2D eigenvalue weighted by Crippen LogP contribution is -2.16. The van der Waals surface area contributed by atoms with Crippen molar-refractivity contribution in [1.82, 2.24) is 0 Å². The van der Waals surface area contributed by atoms with E-state index in [1.54, 1.807) is 12.1 Å². The smallest absolute Gasteiger partial charge is 0.338 e. The number of carbonyl (C=O) groups is 1. The largest absolute Gasteiger partial charge is 0.459 e. The third-order valence-electron chi connectivity index (χ3n) is 2.75. The maximum atomic E-state index is 11.9. The topological polar surface area (TPSA) is 55.6 Å². The molecule has 0 aliphatic carbocycles.